The maximum Gasteiger partial charge on any atom is 0.229 e. The highest BCUT2D eigenvalue weighted by molar-refractivity contribution is 8.23. The first-order valence-corrected chi connectivity index (χ1v) is 6.48. The first-order chi connectivity index (χ1) is 6.46. The van der Waals surface area contributed by atoms with Gasteiger partial charge in [0.05, 0.1) is 0 Å². The van der Waals surface area contributed by atoms with Crippen LogP contribution in [0.2, 0.25) is 0 Å². The topological polar surface area (TPSA) is 37.4 Å². The van der Waals surface area contributed by atoms with E-state index in [1.807, 2.05) is 20.8 Å². The van der Waals surface area contributed by atoms with Crippen molar-refractivity contribution in [3.63, 3.8) is 0 Å². The third-order valence-electron chi connectivity index (χ3n) is 1.92. The van der Waals surface area contributed by atoms with Gasteiger partial charge < -0.3 is 4.90 Å². The number of hydrogen-bond donors (Lipinski definition) is 0. The highest BCUT2D eigenvalue weighted by Crippen LogP contribution is 2.34. The second-order valence-corrected chi connectivity index (χ2v) is 6.56. The highest BCUT2D eigenvalue weighted by Gasteiger charge is 2.35. The average Bonchev–Trinajstić information content (AvgIpc) is 2.50. The molecule has 0 radical (unpaired) electrons. The van der Waals surface area contributed by atoms with Crippen molar-refractivity contribution in [1.29, 1.82) is 0 Å². The molecule has 0 N–H and O–H groups in total. The monoisotopic (exact) mass is 233 g/mol. The van der Waals surface area contributed by atoms with Gasteiger partial charge in [-0.25, -0.2) is 0 Å². The molecular formula is C9H15NO2S2. The summed E-state index contributed by atoms with van der Waals surface area (Å²) >= 11 is 2.84. The molecule has 0 saturated carbocycles. The van der Waals surface area contributed by atoms with Crippen LogP contribution in [0.25, 0.3) is 0 Å². The predicted octanol–water partition coefficient (Wildman–Crippen LogP) is 1.81. The van der Waals surface area contributed by atoms with Crippen LogP contribution >= 0.6 is 23.5 Å². The minimum atomic E-state index is -0.355. The quantitative estimate of drug-likeness (QED) is 0.682. The van der Waals surface area contributed by atoms with Crippen LogP contribution in [0.1, 0.15) is 20.8 Å². The molecule has 5 heteroatoms. The molecule has 1 aliphatic rings. The van der Waals surface area contributed by atoms with E-state index in [2.05, 4.69) is 0 Å². The van der Waals surface area contributed by atoms with Gasteiger partial charge in [-0.05, 0) is 0 Å². The first kappa shape index (κ1) is 11.9. The first-order valence-electron chi connectivity index (χ1n) is 4.48. The van der Waals surface area contributed by atoms with E-state index in [4.69, 9.17) is 0 Å². The van der Waals surface area contributed by atoms with E-state index in [0.717, 1.165) is 17.9 Å². The van der Waals surface area contributed by atoms with Crippen LogP contribution in [-0.4, -0.2) is 33.4 Å². The summed E-state index contributed by atoms with van der Waals surface area (Å²) in [7, 11) is 0. The van der Waals surface area contributed by atoms with Gasteiger partial charge in [-0.15, -0.1) is 11.8 Å². The maximum absolute atomic E-state index is 11.9. The van der Waals surface area contributed by atoms with E-state index in [-0.39, 0.29) is 16.0 Å². The van der Waals surface area contributed by atoms with E-state index < -0.39 is 0 Å². The Kier molecular flexibility index (Phi) is 3.89. The third-order valence-corrected chi connectivity index (χ3v) is 4.22. The van der Waals surface area contributed by atoms with Crippen LogP contribution in [0.4, 0.5) is 0 Å². The highest BCUT2D eigenvalue weighted by atomic mass is 32.2. The zero-order valence-electron chi connectivity index (χ0n) is 8.65. The Labute approximate surface area is 93.0 Å². The van der Waals surface area contributed by atoms with Crippen LogP contribution < -0.4 is 0 Å². The van der Waals surface area contributed by atoms with Gasteiger partial charge in [0.15, 0.2) is 5.62 Å². The minimum Gasteiger partial charge on any atom is -0.320 e. The number of rotatable bonds is 2. The number of nitrogens with zero attached hydrogens (tertiary/aromatic N) is 1. The van der Waals surface area contributed by atoms with Crippen molar-refractivity contribution in [3.05, 3.63) is 0 Å². The molecule has 1 atom stereocenters. The molecule has 3 nitrogen and oxygen atoms in total. The summed E-state index contributed by atoms with van der Waals surface area (Å²) < 4.78 is -0.0146. The lowest BCUT2D eigenvalue weighted by Crippen LogP contribution is -2.40. The molecule has 1 rings (SSSR count). The maximum atomic E-state index is 11.9. The molecule has 0 bridgehead atoms. The molecule has 0 aromatic carbocycles. The zero-order valence-corrected chi connectivity index (χ0v) is 10.3. The van der Waals surface area contributed by atoms with Crippen molar-refractivity contribution < 1.29 is 9.59 Å². The van der Waals surface area contributed by atoms with E-state index in [1.54, 1.807) is 16.7 Å². The third kappa shape index (κ3) is 2.67. The molecule has 0 aliphatic carbocycles. The summed E-state index contributed by atoms with van der Waals surface area (Å²) in [5.41, 5.74) is 0.457. The Morgan fingerprint density at radius 1 is 1.57 bits per heavy atom. The molecule has 14 heavy (non-hydrogen) atoms. The molecule has 1 aliphatic heterocycles. The molecule has 1 unspecified atom stereocenters. The van der Waals surface area contributed by atoms with Gasteiger partial charge in [0.25, 0.3) is 0 Å². The summed E-state index contributed by atoms with van der Waals surface area (Å²) in [5.74, 6) is 1.05. The number of thioether (sulfide) groups is 2. The molecule has 0 spiro atoms. The molecule has 1 saturated heterocycles. The average molecular weight is 233 g/mol. The molecule has 1 heterocycles. The second kappa shape index (κ2) is 4.57. The summed E-state index contributed by atoms with van der Waals surface area (Å²) in [4.78, 5) is 24.1. The lowest BCUT2D eigenvalue weighted by Gasteiger charge is -2.28. The van der Waals surface area contributed by atoms with E-state index in [0.29, 0.717) is 0 Å². The Morgan fingerprint density at radius 3 is 2.71 bits per heavy atom. The van der Waals surface area contributed by atoms with Crippen LogP contribution in [0.15, 0.2) is 0 Å². The van der Waals surface area contributed by atoms with Crippen LogP contribution in [-0.2, 0) is 9.59 Å². The normalized spacial score (nSPS) is 22.5. The largest absolute Gasteiger partial charge is 0.320 e. The lowest BCUT2D eigenvalue weighted by atomic mass is 9.95. The minimum absolute atomic E-state index is 0.0146. The number of carbonyl (C=O) groups excluding carboxylic acids is 2. The van der Waals surface area contributed by atoms with Gasteiger partial charge in [-0.3, -0.25) is 9.59 Å². The summed E-state index contributed by atoms with van der Waals surface area (Å²) in [6.07, 6.45) is 0. The Balaban J connectivity index is 2.67. The molecule has 1 fully saturated rings. The van der Waals surface area contributed by atoms with Crippen molar-refractivity contribution >= 4 is 35.0 Å². The fourth-order valence-electron chi connectivity index (χ4n) is 1.24. The van der Waals surface area contributed by atoms with Crippen molar-refractivity contribution in [2.24, 2.45) is 5.41 Å². The van der Waals surface area contributed by atoms with Gasteiger partial charge in [-0.2, -0.15) is 0 Å². The Hall–Kier alpha value is -0.160. The smallest absolute Gasteiger partial charge is 0.229 e. The lowest BCUT2D eigenvalue weighted by molar-refractivity contribution is -0.138. The molecule has 1 amide bonds. The number of hydrogen-bond acceptors (Lipinski definition) is 4. The zero-order chi connectivity index (χ0) is 10.8. The molecular weight excluding hydrogens is 218 g/mol. The van der Waals surface area contributed by atoms with Gasteiger partial charge in [0, 0.05) is 17.7 Å². The van der Waals surface area contributed by atoms with Gasteiger partial charge in [0.1, 0.15) is 4.71 Å². The van der Waals surface area contributed by atoms with Crippen molar-refractivity contribution in [1.82, 2.24) is 4.90 Å². The predicted molar refractivity (Wildman–Crippen MR) is 61.8 cm³/mol. The Bertz CT molecular complexity index is 237. The van der Waals surface area contributed by atoms with E-state index in [1.165, 1.54) is 11.8 Å². The summed E-state index contributed by atoms with van der Waals surface area (Å²) in [6.45, 7) is 6.47. The number of amides is 1. The fourth-order valence-corrected chi connectivity index (χ4v) is 3.30. The summed E-state index contributed by atoms with van der Waals surface area (Å²) in [6, 6.07) is 0. The SMILES string of the molecule is CC(C)(C)C(=O)N1CCSC1SC=O. The van der Waals surface area contributed by atoms with Crippen molar-refractivity contribution in [2.45, 2.75) is 25.5 Å². The van der Waals surface area contributed by atoms with Crippen LogP contribution in [0, 0.1) is 5.41 Å². The van der Waals surface area contributed by atoms with Gasteiger partial charge in [0.2, 0.25) is 5.91 Å². The van der Waals surface area contributed by atoms with E-state index >= 15 is 0 Å². The van der Waals surface area contributed by atoms with Crippen molar-refractivity contribution in [3.8, 4) is 0 Å². The molecule has 0 aromatic rings. The van der Waals surface area contributed by atoms with Gasteiger partial charge >= 0.3 is 0 Å². The van der Waals surface area contributed by atoms with Crippen molar-refractivity contribution in [2.75, 3.05) is 12.3 Å². The van der Waals surface area contributed by atoms with Crippen LogP contribution in [0.5, 0.6) is 0 Å². The standard InChI is InChI=1S/C9H15NO2S2/c1-9(2,3)7(12)10-4-5-13-8(10)14-6-11/h6,8H,4-5H2,1-3H3. The Morgan fingerprint density at radius 2 is 2.21 bits per heavy atom. The fraction of sp³-hybridized carbons (Fsp3) is 0.778. The summed E-state index contributed by atoms with van der Waals surface area (Å²) in [5, 5.41) is 0. The molecule has 80 valence electrons. The van der Waals surface area contributed by atoms with Crippen LogP contribution in [0.3, 0.4) is 0 Å². The van der Waals surface area contributed by atoms with Gasteiger partial charge in [-0.1, -0.05) is 32.5 Å². The number of carbonyl (C=O) groups is 2. The van der Waals surface area contributed by atoms with E-state index in [9.17, 15) is 9.59 Å². The second-order valence-electron chi connectivity index (χ2n) is 4.16. The molecule has 0 aromatic heterocycles.